The Morgan fingerprint density at radius 2 is 2.06 bits per heavy atom. The Labute approximate surface area is 185 Å². The lowest BCUT2D eigenvalue weighted by Gasteiger charge is -2.41. The van der Waals surface area contributed by atoms with Crippen molar-refractivity contribution in [2.45, 2.75) is 30.4 Å². The molecule has 6 rings (SSSR count). The van der Waals surface area contributed by atoms with Crippen molar-refractivity contribution in [2.24, 2.45) is 0 Å². The molecule has 1 aromatic carbocycles. The number of hydrogen-bond donors (Lipinski definition) is 1. The lowest BCUT2D eigenvalue weighted by atomic mass is 9.79. The largest absolute Gasteiger partial charge is 0.497 e. The van der Waals surface area contributed by atoms with Crippen LogP contribution < -0.4 is 10.1 Å². The first kappa shape index (κ1) is 19.0. The number of likely N-dealkylation sites (tertiary alicyclic amines) is 1. The van der Waals surface area contributed by atoms with E-state index in [1.54, 1.807) is 7.11 Å². The molecule has 7 heteroatoms. The molecular weight excluding hydrogens is 410 g/mol. The van der Waals surface area contributed by atoms with Crippen molar-refractivity contribution in [1.29, 1.82) is 0 Å². The van der Waals surface area contributed by atoms with Crippen LogP contribution in [-0.4, -0.2) is 47.8 Å². The zero-order chi connectivity index (χ0) is 21.1. The maximum atomic E-state index is 12.8. The molecule has 0 bridgehead atoms. The van der Waals surface area contributed by atoms with Gasteiger partial charge in [0.1, 0.15) is 11.3 Å². The van der Waals surface area contributed by atoms with Gasteiger partial charge in [-0.15, -0.1) is 11.3 Å². The Morgan fingerprint density at radius 3 is 2.84 bits per heavy atom. The number of ether oxygens (including phenoxy) is 2. The number of thiophene rings is 1. The lowest BCUT2D eigenvalue weighted by molar-refractivity contribution is -0.0391. The molecule has 2 aromatic heterocycles. The molecule has 1 atom stereocenters. The van der Waals surface area contributed by atoms with Gasteiger partial charge < -0.3 is 24.3 Å². The zero-order valence-electron chi connectivity index (χ0n) is 17.5. The van der Waals surface area contributed by atoms with Crippen LogP contribution in [0.5, 0.6) is 5.75 Å². The maximum Gasteiger partial charge on any atom is 0.263 e. The van der Waals surface area contributed by atoms with Gasteiger partial charge in [0.15, 0.2) is 0 Å². The summed E-state index contributed by atoms with van der Waals surface area (Å²) in [6, 6.07) is 14.3. The minimum absolute atomic E-state index is 0.142. The van der Waals surface area contributed by atoms with E-state index in [9.17, 15) is 4.79 Å². The summed E-state index contributed by atoms with van der Waals surface area (Å²) >= 11 is 1.51. The second kappa shape index (κ2) is 6.87. The van der Waals surface area contributed by atoms with E-state index >= 15 is 0 Å². The minimum atomic E-state index is -0.275. The number of nitrogens with one attached hydrogen (secondary N) is 1. The van der Waals surface area contributed by atoms with E-state index < -0.39 is 0 Å². The monoisotopic (exact) mass is 435 g/mol. The van der Waals surface area contributed by atoms with Gasteiger partial charge in [0.05, 0.1) is 41.3 Å². The summed E-state index contributed by atoms with van der Waals surface area (Å²) in [5, 5.41) is 5.77. The average molecular weight is 436 g/mol. The molecule has 0 radical (unpaired) electrons. The van der Waals surface area contributed by atoms with E-state index in [-0.39, 0.29) is 17.0 Å². The van der Waals surface area contributed by atoms with Crippen molar-refractivity contribution in [3.05, 3.63) is 64.6 Å². The highest BCUT2D eigenvalue weighted by Crippen LogP contribution is 2.50. The predicted molar refractivity (Wildman–Crippen MR) is 120 cm³/mol. The van der Waals surface area contributed by atoms with Crippen LogP contribution in [0, 0.1) is 0 Å². The molecule has 2 fully saturated rings. The predicted octanol–water partition coefficient (Wildman–Crippen LogP) is 4.26. The number of hydrogen-bond acceptors (Lipinski definition) is 5. The van der Waals surface area contributed by atoms with Gasteiger partial charge in [-0.1, -0.05) is 6.07 Å². The summed E-state index contributed by atoms with van der Waals surface area (Å²) < 4.78 is 14.3. The number of carbonyl (C=O) groups excluding carboxylic acids is 1. The van der Waals surface area contributed by atoms with Crippen LogP contribution in [-0.2, 0) is 10.3 Å². The number of piperidine rings is 1. The van der Waals surface area contributed by atoms with Gasteiger partial charge in [0.25, 0.3) is 5.91 Å². The first-order valence-electron chi connectivity index (χ1n) is 10.7. The first-order chi connectivity index (χ1) is 15.1. The summed E-state index contributed by atoms with van der Waals surface area (Å²) in [4.78, 5) is 15.5. The number of benzene rings is 1. The second-order valence-corrected chi connectivity index (χ2v) is 9.72. The van der Waals surface area contributed by atoms with Crippen molar-refractivity contribution < 1.29 is 14.3 Å². The molecule has 3 aliphatic rings. The number of methoxy groups -OCH3 is 1. The van der Waals surface area contributed by atoms with Crippen LogP contribution >= 0.6 is 11.3 Å². The Hall–Kier alpha value is -2.77. The van der Waals surface area contributed by atoms with Gasteiger partial charge >= 0.3 is 0 Å². The van der Waals surface area contributed by atoms with E-state index in [0.29, 0.717) is 6.61 Å². The molecule has 2 spiro atoms. The minimum Gasteiger partial charge on any atom is -0.497 e. The molecule has 31 heavy (non-hydrogen) atoms. The topological polar surface area (TPSA) is 55.7 Å². The fraction of sp³-hybridized carbons (Fsp3) is 0.375. The average Bonchev–Trinajstić information content (AvgIpc) is 3.55. The number of carbonyl (C=O) groups is 1. The fourth-order valence-electron chi connectivity index (χ4n) is 5.42. The SMILES string of the molecule is COc1ccc2c(c1)N[C@]1(COC3(CCN(C(=O)c4cccs4)CC3)C1)c1cccn1-2. The number of nitrogens with zero attached hydrogens (tertiary/aromatic N) is 2. The molecule has 5 heterocycles. The van der Waals surface area contributed by atoms with Crippen molar-refractivity contribution in [1.82, 2.24) is 9.47 Å². The first-order valence-corrected chi connectivity index (χ1v) is 11.6. The van der Waals surface area contributed by atoms with Crippen molar-refractivity contribution >= 4 is 22.9 Å². The zero-order valence-corrected chi connectivity index (χ0v) is 18.3. The normalized spacial score (nSPS) is 23.5. The Balaban J connectivity index is 1.26. The number of aromatic nitrogens is 1. The third kappa shape index (κ3) is 2.91. The van der Waals surface area contributed by atoms with E-state index in [0.717, 1.165) is 54.4 Å². The van der Waals surface area contributed by atoms with Gasteiger partial charge in [-0.25, -0.2) is 0 Å². The lowest BCUT2D eigenvalue weighted by Crippen LogP contribution is -2.48. The molecule has 1 N–H and O–H groups in total. The van der Waals surface area contributed by atoms with Crippen LogP contribution in [0.25, 0.3) is 5.69 Å². The van der Waals surface area contributed by atoms with Crippen LogP contribution in [0.2, 0.25) is 0 Å². The Bertz CT molecular complexity index is 1130. The summed E-state index contributed by atoms with van der Waals surface area (Å²) in [6.07, 6.45) is 4.73. The van der Waals surface area contributed by atoms with Gasteiger partial charge in [0.2, 0.25) is 0 Å². The summed E-state index contributed by atoms with van der Waals surface area (Å²) in [5.74, 6) is 0.981. The quantitative estimate of drug-likeness (QED) is 0.653. The maximum absolute atomic E-state index is 12.8. The third-order valence-electron chi connectivity index (χ3n) is 7.02. The van der Waals surface area contributed by atoms with Gasteiger partial charge in [-0.05, 0) is 48.6 Å². The van der Waals surface area contributed by atoms with Crippen LogP contribution in [0.15, 0.2) is 54.0 Å². The van der Waals surface area contributed by atoms with Gasteiger partial charge in [-0.3, -0.25) is 4.79 Å². The second-order valence-electron chi connectivity index (χ2n) is 8.77. The molecule has 0 aliphatic carbocycles. The molecule has 2 saturated heterocycles. The highest BCUT2D eigenvalue weighted by molar-refractivity contribution is 7.12. The molecule has 3 aliphatic heterocycles. The van der Waals surface area contributed by atoms with E-state index in [1.165, 1.54) is 17.0 Å². The Morgan fingerprint density at radius 1 is 1.19 bits per heavy atom. The summed E-state index contributed by atoms with van der Waals surface area (Å²) in [6.45, 7) is 2.09. The molecular formula is C24H25N3O3S. The molecule has 3 aromatic rings. The van der Waals surface area contributed by atoms with Crippen molar-refractivity contribution in [3.63, 3.8) is 0 Å². The summed E-state index contributed by atoms with van der Waals surface area (Å²) in [5.41, 5.74) is 2.95. The molecule has 160 valence electrons. The molecule has 0 unspecified atom stereocenters. The third-order valence-corrected chi connectivity index (χ3v) is 7.88. The van der Waals surface area contributed by atoms with Gasteiger partial charge in [0, 0.05) is 31.8 Å². The van der Waals surface area contributed by atoms with Crippen LogP contribution in [0.4, 0.5) is 5.69 Å². The number of fused-ring (bicyclic) bond motifs is 4. The standard InChI is InChI=1S/C24H25N3O3S/c1-29-17-6-7-19-18(14-17)25-24(21-5-2-10-27(19)21)15-23(30-16-24)8-11-26(12-9-23)22(28)20-4-3-13-31-20/h2-7,10,13-14,25H,8-9,11-12,15-16H2,1H3/t24-/m1/s1. The fourth-order valence-corrected chi connectivity index (χ4v) is 6.11. The molecule has 0 saturated carbocycles. The number of anilines is 1. The van der Waals surface area contributed by atoms with E-state index in [2.05, 4.69) is 40.3 Å². The van der Waals surface area contributed by atoms with Crippen molar-refractivity contribution in [3.8, 4) is 11.4 Å². The Kier molecular flexibility index (Phi) is 4.20. The van der Waals surface area contributed by atoms with Crippen LogP contribution in [0.1, 0.15) is 34.6 Å². The van der Waals surface area contributed by atoms with E-state index in [4.69, 9.17) is 9.47 Å². The van der Waals surface area contributed by atoms with E-state index in [1.807, 2.05) is 28.5 Å². The summed E-state index contributed by atoms with van der Waals surface area (Å²) in [7, 11) is 1.69. The smallest absolute Gasteiger partial charge is 0.263 e. The molecule has 1 amide bonds. The highest BCUT2D eigenvalue weighted by Gasteiger charge is 2.54. The van der Waals surface area contributed by atoms with Gasteiger partial charge in [-0.2, -0.15) is 0 Å². The number of amides is 1. The number of rotatable bonds is 2. The van der Waals surface area contributed by atoms with Crippen LogP contribution in [0.3, 0.4) is 0 Å². The molecule has 6 nitrogen and oxygen atoms in total. The highest BCUT2D eigenvalue weighted by atomic mass is 32.1. The van der Waals surface area contributed by atoms with Crippen molar-refractivity contribution in [2.75, 3.05) is 32.1 Å².